The summed E-state index contributed by atoms with van der Waals surface area (Å²) in [6, 6.07) is 11.0. The van der Waals surface area contributed by atoms with E-state index in [2.05, 4.69) is 4.90 Å². The topological polar surface area (TPSA) is 113 Å². The Bertz CT molecular complexity index is 1110. The molecule has 2 aromatic rings. The van der Waals surface area contributed by atoms with Crippen molar-refractivity contribution in [2.75, 3.05) is 39.4 Å². The van der Waals surface area contributed by atoms with Gasteiger partial charge in [-0.15, -0.1) is 0 Å². The van der Waals surface area contributed by atoms with E-state index >= 15 is 0 Å². The number of Topliss-reactive ketones (excluding diaryl/α,β-unsaturated/α-hetero) is 1. The summed E-state index contributed by atoms with van der Waals surface area (Å²) in [4.78, 5) is 40.7. The Hall–Kier alpha value is -3.27. The lowest BCUT2D eigenvalue weighted by Gasteiger charge is -2.30. The summed E-state index contributed by atoms with van der Waals surface area (Å²) < 4.78 is 5.35. The number of aliphatic hydroxyl groups excluding tert-OH is 1. The van der Waals surface area contributed by atoms with Gasteiger partial charge in [0.15, 0.2) is 0 Å². The number of para-hydroxylation sites is 1. The van der Waals surface area contributed by atoms with Crippen LogP contribution in [-0.4, -0.2) is 70.9 Å². The molecule has 0 radical (unpaired) electrons. The molecular formula is C23H22ClN3O6. The molecule has 2 saturated heterocycles. The zero-order valence-corrected chi connectivity index (χ0v) is 18.4. The highest BCUT2D eigenvalue weighted by Gasteiger charge is 2.48. The van der Waals surface area contributed by atoms with Gasteiger partial charge in [-0.1, -0.05) is 23.7 Å². The molecule has 0 aliphatic carbocycles. The summed E-state index contributed by atoms with van der Waals surface area (Å²) in [6.45, 7) is 3.15. The number of likely N-dealkylation sites (tertiary alicyclic amines) is 1. The Kier molecular flexibility index (Phi) is 6.73. The molecule has 4 rings (SSSR count). The highest BCUT2D eigenvalue weighted by Crippen LogP contribution is 2.42. The molecule has 1 amide bonds. The third-order valence-corrected chi connectivity index (χ3v) is 6.10. The number of ether oxygens (including phenoxy) is 1. The van der Waals surface area contributed by atoms with Gasteiger partial charge in [-0.05, 0) is 30.3 Å². The molecule has 0 saturated carbocycles. The highest BCUT2D eigenvalue weighted by molar-refractivity contribution is 6.46. The van der Waals surface area contributed by atoms with Crippen LogP contribution < -0.4 is 0 Å². The summed E-state index contributed by atoms with van der Waals surface area (Å²) in [7, 11) is 0. The predicted molar refractivity (Wildman–Crippen MR) is 121 cm³/mol. The molecule has 1 N–H and O–H groups in total. The number of aliphatic hydroxyl groups is 1. The summed E-state index contributed by atoms with van der Waals surface area (Å²) in [6.07, 6.45) is 0. The molecule has 2 aromatic carbocycles. The smallest absolute Gasteiger partial charge is 0.295 e. The number of nitro benzene ring substituents is 1. The molecule has 0 aromatic heterocycles. The molecule has 0 bridgehead atoms. The molecule has 1 atom stereocenters. The number of carbonyl (C=O) groups excluding carboxylic acids is 2. The van der Waals surface area contributed by atoms with Crippen molar-refractivity contribution in [1.82, 2.24) is 9.80 Å². The fourth-order valence-corrected chi connectivity index (χ4v) is 4.28. The lowest BCUT2D eigenvalue weighted by Crippen LogP contribution is -2.42. The monoisotopic (exact) mass is 471 g/mol. The van der Waals surface area contributed by atoms with E-state index in [0.29, 0.717) is 37.9 Å². The highest BCUT2D eigenvalue weighted by atomic mass is 35.5. The number of rotatable bonds is 6. The van der Waals surface area contributed by atoms with Crippen molar-refractivity contribution < 1.29 is 24.4 Å². The van der Waals surface area contributed by atoms with Crippen molar-refractivity contribution in [1.29, 1.82) is 0 Å². The van der Waals surface area contributed by atoms with Crippen LogP contribution in [0.25, 0.3) is 5.76 Å². The van der Waals surface area contributed by atoms with Crippen molar-refractivity contribution >= 4 is 34.7 Å². The molecule has 2 aliphatic rings. The second kappa shape index (κ2) is 9.70. The molecule has 172 valence electrons. The number of hydrogen-bond acceptors (Lipinski definition) is 7. The van der Waals surface area contributed by atoms with Crippen LogP contribution in [0.2, 0.25) is 5.02 Å². The zero-order chi connectivity index (χ0) is 23.5. The van der Waals surface area contributed by atoms with Crippen LogP contribution in [0.5, 0.6) is 0 Å². The minimum absolute atomic E-state index is 0.165. The Morgan fingerprint density at radius 1 is 1.09 bits per heavy atom. The Morgan fingerprint density at radius 3 is 2.42 bits per heavy atom. The average Bonchev–Trinajstić information content (AvgIpc) is 3.08. The number of hydrogen-bond donors (Lipinski definition) is 1. The summed E-state index contributed by atoms with van der Waals surface area (Å²) in [5.74, 6) is -2.09. The van der Waals surface area contributed by atoms with Crippen molar-refractivity contribution in [3.8, 4) is 0 Å². The first-order chi connectivity index (χ1) is 15.9. The fourth-order valence-electron chi connectivity index (χ4n) is 4.16. The Morgan fingerprint density at radius 2 is 1.76 bits per heavy atom. The van der Waals surface area contributed by atoms with Gasteiger partial charge < -0.3 is 14.7 Å². The van der Waals surface area contributed by atoms with Gasteiger partial charge in [-0.25, -0.2) is 0 Å². The van der Waals surface area contributed by atoms with Gasteiger partial charge in [0.25, 0.3) is 17.4 Å². The number of amides is 1. The molecule has 2 aliphatic heterocycles. The van der Waals surface area contributed by atoms with Crippen LogP contribution >= 0.6 is 11.6 Å². The van der Waals surface area contributed by atoms with E-state index in [9.17, 15) is 24.8 Å². The molecule has 0 spiro atoms. The standard InChI is InChI=1S/C23H22ClN3O6/c24-16-7-5-15(6-8-16)21(28)19-20(17-3-1-2-4-18(17)27(31)32)26(23(30)22(19)29)10-9-25-11-13-33-14-12-25/h1-8,20,28H,9-14H2/b21-19-. The van der Waals surface area contributed by atoms with Crippen LogP contribution in [0, 0.1) is 10.1 Å². The average molecular weight is 472 g/mol. The van der Waals surface area contributed by atoms with Gasteiger partial charge in [0.2, 0.25) is 0 Å². The van der Waals surface area contributed by atoms with Gasteiger partial charge in [0.05, 0.1) is 35.3 Å². The number of halogens is 1. The molecule has 9 nitrogen and oxygen atoms in total. The van der Waals surface area contributed by atoms with Crippen LogP contribution in [-0.2, 0) is 14.3 Å². The van der Waals surface area contributed by atoms with Crippen molar-refractivity contribution in [2.45, 2.75) is 6.04 Å². The molecule has 33 heavy (non-hydrogen) atoms. The van der Waals surface area contributed by atoms with Gasteiger partial charge in [0, 0.05) is 42.8 Å². The first kappa shape index (κ1) is 22.9. The summed E-state index contributed by atoms with van der Waals surface area (Å²) in [5, 5.41) is 23.2. The second-order valence-corrected chi connectivity index (χ2v) is 8.21. The van der Waals surface area contributed by atoms with E-state index < -0.39 is 28.4 Å². The Labute approximate surface area is 195 Å². The third-order valence-electron chi connectivity index (χ3n) is 5.85. The Balaban J connectivity index is 1.80. The van der Waals surface area contributed by atoms with E-state index in [4.69, 9.17) is 16.3 Å². The van der Waals surface area contributed by atoms with E-state index in [1.165, 1.54) is 35.2 Å². The summed E-state index contributed by atoms with van der Waals surface area (Å²) >= 11 is 5.93. The maximum Gasteiger partial charge on any atom is 0.295 e. The number of morpholine rings is 1. The second-order valence-electron chi connectivity index (χ2n) is 7.77. The predicted octanol–water partition coefficient (Wildman–Crippen LogP) is 3.00. The first-order valence-electron chi connectivity index (χ1n) is 10.5. The van der Waals surface area contributed by atoms with E-state index in [-0.39, 0.29) is 28.9 Å². The van der Waals surface area contributed by atoms with E-state index in [1.54, 1.807) is 18.2 Å². The minimum atomic E-state index is -1.09. The van der Waals surface area contributed by atoms with Gasteiger partial charge in [-0.3, -0.25) is 24.6 Å². The maximum atomic E-state index is 13.1. The lowest BCUT2D eigenvalue weighted by molar-refractivity contribution is -0.385. The van der Waals surface area contributed by atoms with Crippen LogP contribution in [0.3, 0.4) is 0 Å². The number of carbonyl (C=O) groups is 2. The minimum Gasteiger partial charge on any atom is -0.507 e. The SMILES string of the molecule is O=C1C(=O)N(CCN2CCOCC2)C(c2ccccc2[N+](=O)[O-])/C1=C(/O)c1ccc(Cl)cc1. The molecule has 10 heteroatoms. The largest absolute Gasteiger partial charge is 0.507 e. The molecule has 2 heterocycles. The van der Waals surface area contributed by atoms with Crippen molar-refractivity contribution in [2.24, 2.45) is 0 Å². The maximum absolute atomic E-state index is 13.1. The number of nitro groups is 1. The molecule has 1 unspecified atom stereocenters. The van der Waals surface area contributed by atoms with Crippen molar-refractivity contribution in [3.63, 3.8) is 0 Å². The quantitative estimate of drug-likeness (QED) is 0.226. The van der Waals surface area contributed by atoms with Gasteiger partial charge in [0.1, 0.15) is 5.76 Å². The molecular weight excluding hydrogens is 450 g/mol. The normalized spacial score (nSPS) is 20.9. The van der Waals surface area contributed by atoms with E-state index in [1.807, 2.05) is 0 Å². The molecule has 2 fully saturated rings. The number of benzene rings is 2. The lowest BCUT2D eigenvalue weighted by atomic mass is 9.94. The third kappa shape index (κ3) is 4.61. The van der Waals surface area contributed by atoms with Gasteiger partial charge >= 0.3 is 0 Å². The zero-order valence-electron chi connectivity index (χ0n) is 17.6. The number of ketones is 1. The summed E-state index contributed by atoms with van der Waals surface area (Å²) in [5.41, 5.74) is 0.0368. The number of nitrogens with zero attached hydrogens (tertiary/aromatic N) is 3. The van der Waals surface area contributed by atoms with Crippen molar-refractivity contribution in [3.05, 3.63) is 80.4 Å². The van der Waals surface area contributed by atoms with Gasteiger partial charge in [-0.2, -0.15) is 0 Å². The fraction of sp³-hybridized carbons (Fsp3) is 0.304. The van der Waals surface area contributed by atoms with Crippen LogP contribution in [0.15, 0.2) is 54.1 Å². The van der Waals surface area contributed by atoms with Crippen LogP contribution in [0.4, 0.5) is 5.69 Å². The van der Waals surface area contributed by atoms with E-state index in [0.717, 1.165) is 0 Å². The van der Waals surface area contributed by atoms with Crippen LogP contribution in [0.1, 0.15) is 17.2 Å². The first-order valence-corrected chi connectivity index (χ1v) is 10.8.